The first-order valence-corrected chi connectivity index (χ1v) is 7.58. The molecule has 0 atom stereocenters. The fraction of sp³-hybridized carbons (Fsp3) is 0.0526. The van der Waals surface area contributed by atoms with Crippen molar-refractivity contribution in [3.63, 3.8) is 0 Å². The van der Waals surface area contributed by atoms with Crippen LogP contribution in [-0.2, 0) is 10.3 Å². The smallest absolute Gasteiger partial charge is 0.262 e. The van der Waals surface area contributed by atoms with Gasteiger partial charge in [0.05, 0.1) is 5.56 Å². The van der Waals surface area contributed by atoms with Crippen LogP contribution in [0.2, 0.25) is 0 Å². The molecule has 2 heterocycles. The van der Waals surface area contributed by atoms with Crippen molar-refractivity contribution in [2.45, 2.75) is 5.54 Å². The molecule has 0 saturated carbocycles. The SMILES string of the molecule is O=C1NC(c2cncnc2)=NC1(c1ccccc1)c1ccccc1. The van der Waals surface area contributed by atoms with Crippen LogP contribution in [0, 0.1) is 0 Å². The summed E-state index contributed by atoms with van der Waals surface area (Å²) in [5.41, 5.74) is 1.22. The molecular weight excluding hydrogens is 300 g/mol. The second kappa shape index (κ2) is 5.70. The highest BCUT2D eigenvalue weighted by Crippen LogP contribution is 2.37. The summed E-state index contributed by atoms with van der Waals surface area (Å²) >= 11 is 0. The predicted octanol–water partition coefficient (Wildman–Crippen LogP) is 2.30. The van der Waals surface area contributed by atoms with Gasteiger partial charge in [-0.2, -0.15) is 0 Å². The molecule has 0 fully saturated rings. The molecule has 2 aromatic carbocycles. The van der Waals surface area contributed by atoms with Crippen LogP contribution >= 0.6 is 0 Å². The van der Waals surface area contributed by atoms with Crippen LogP contribution in [0.15, 0.2) is 84.4 Å². The Labute approximate surface area is 139 Å². The second-order valence-corrected chi connectivity index (χ2v) is 5.48. The summed E-state index contributed by atoms with van der Waals surface area (Å²) in [6, 6.07) is 19.1. The number of amides is 1. The molecule has 5 nitrogen and oxygen atoms in total. The quantitative estimate of drug-likeness (QED) is 0.806. The largest absolute Gasteiger partial charge is 0.308 e. The molecule has 0 bridgehead atoms. The molecule has 3 aromatic rings. The van der Waals surface area contributed by atoms with E-state index in [4.69, 9.17) is 4.99 Å². The third-order valence-electron chi connectivity index (χ3n) is 4.06. The van der Waals surface area contributed by atoms with E-state index >= 15 is 0 Å². The molecule has 1 aliphatic rings. The van der Waals surface area contributed by atoms with Gasteiger partial charge in [0, 0.05) is 12.4 Å². The van der Waals surface area contributed by atoms with E-state index in [9.17, 15) is 4.79 Å². The van der Waals surface area contributed by atoms with Crippen LogP contribution in [0.4, 0.5) is 0 Å². The number of nitrogens with zero attached hydrogens (tertiary/aromatic N) is 3. The minimum atomic E-state index is -1.10. The highest BCUT2D eigenvalue weighted by Gasteiger charge is 2.47. The zero-order chi connectivity index (χ0) is 16.4. The second-order valence-electron chi connectivity index (χ2n) is 5.48. The average molecular weight is 314 g/mol. The summed E-state index contributed by atoms with van der Waals surface area (Å²) in [6.07, 6.45) is 4.72. The Bertz CT molecular complexity index is 853. The lowest BCUT2D eigenvalue weighted by molar-refractivity contribution is -0.122. The zero-order valence-electron chi connectivity index (χ0n) is 12.8. The summed E-state index contributed by atoms with van der Waals surface area (Å²) in [5.74, 6) is 0.298. The zero-order valence-corrected chi connectivity index (χ0v) is 12.8. The van der Waals surface area contributed by atoms with Crippen LogP contribution < -0.4 is 5.32 Å². The molecule has 0 radical (unpaired) electrons. The topological polar surface area (TPSA) is 67.2 Å². The number of hydrogen-bond acceptors (Lipinski definition) is 4. The van der Waals surface area contributed by atoms with Crippen molar-refractivity contribution in [2.75, 3.05) is 0 Å². The van der Waals surface area contributed by atoms with Crippen LogP contribution in [-0.4, -0.2) is 21.7 Å². The van der Waals surface area contributed by atoms with Gasteiger partial charge in [-0.05, 0) is 11.1 Å². The highest BCUT2D eigenvalue weighted by atomic mass is 16.2. The molecule has 4 rings (SSSR count). The van der Waals surface area contributed by atoms with Gasteiger partial charge in [0.2, 0.25) is 0 Å². The number of rotatable bonds is 3. The first-order chi connectivity index (χ1) is 11.8. The fourth-order valence-corrected chi connectivity index (χ4v) is 2.92. The first kappa shape index (κ1) is 14.3. The van der Waals surface area contributed by atoms with Crippen molar-refractivity contribution in [3.05, 3.63) is 96.1 Å². The molecule has 0 spiro atoms. The van der Waals surface area contributed by atoms with E-state index in [0.29, 0.717) is 11.4 Å². The van der Waals surface area contributed by atoms with E-state index < -0.39 is 5.54 Å². The lowest BCUT2D eigenvalue weighted by Gasteiger charge is -2.24. The Morgan fingerprint density at radius 2 is 1.33 bits per heavy atom. The molecule has 1 N–H and O–H groups in total. The van der Waals surface area contributed by atoms with Crippen LogP contribution in [0.3, 0.4) is 0 Å². The standard InChI is InChI=1S/C19H14N4O/c24-18-19(15-7-3-1-4-8-15,16-9-5-2-6-10-16)23-17(22-18)14-11-20-13-21-12-14/h1-13H,(H,22,23,24). The molecule has 1 aliphatic heterocycles. The monoisotopic (exact) mass is 314 g/mol. The Balaban J connectivity index is 1.94. The maximum atomic E-state index is 13.0. The molecule has 5 heteroatoms. The van der Waals surface area contributed by atoms with Crippen molar-refractivity contribution >= 4 is 11.7 Å². The van der Waals surface area contributed by atoms with E-state index in [0.717, 1.165) is 11.1 Å². The molecule has 1 amide bonds. The minimum Gasteiger partial charge on any atom is -0.308 e. The third kappa shape index (κ3) is 2.18. The Hall–Kier alpha value is -3.34. The van der Waals surface area contributed by atoms with Crippen molar-refractivity contribution in [1.82, 2.24) is 15.3 Å². The third-order valence-corrected chi connectivity index (χ3v) is 4.06. The molecule has 116 valence electrons. The van der Waals surface area contributed by atoms with Gasteiger partial charge in [0.25, 0.3) is 5.91 Å². The van der Waals surface area contributed by atoms with E-state index in [1.54, 1.807) is 12.4 Å². The lowest BCUT2D eigenvalue weighted by atomic mass is 9.83. The fourth-order valence-electron chi connectivity index (χ4n) is 2.92. The number of aliphatic imine (C=N–C) groups is 1. The molecule has 0 unspecified atom stereocenters. The summed E-state index contributed by atoms with van der Waals surface area (Å²) in [4.78, 5) is 25.8. The number of carbonyl (C=O) groups excluding carboxylic acids is 1. The summed E-state index contributed by atoms with van der Waals surface area (Å²) in [7, 11) is 0. The van der Waals surface area contributed by atoms with E-state index in [1.807, 2.05) is 60.7 Å². The van der Waals surface area contributed by atoms with Gasteiger partial charge in [0.1, 0.15) is 12.2 Å². The van der Waals surface area contributed by atoms with E-state index in [2.05, 4.69) is 15.3 Å². The Morgan fingerprint density at radius 3 is 1.88 bits per heavy atom. The number of aromatic nitrogens is 2. The normalized spacial score (nSPS) is 15.7. The average Bonchev–Trinajstić information content (AvgIpc) is 3.02. The maximum absolute atomic E-state index is 13.0. The van der Waals surface area contributed by atoms with Gasteiger partial charge in [-0.25, -0.2) is 15.0 Å². The number of amidine groups is 1. The van der Waals surface area contributed by atoms with Gasteiger partial charge < -0.3 is 5.32 Å². The van der Waals surface area contributed by atoms with Crippen molar-refractivity contribution in [1.29, 1.82) is 0 Å². The van der Waals surface area contributed by atoms with Crippen molar-refractivity contribution in [2.24, 2.45) is 4.99 Å². The summed E-state index contributed by atoms with van der Waals surface area (Å²) < 4.78 is 0. The molecular formula is C19H14N4O. The van der Waals surface area contributed by atoms with Crippen LogP contribution in [0.5, 0.6) is 0 Å². The van der Waals surface area contributed by atoms with Crippen LogP contribution in [0.1, 0.15) is 16.7 Å². The first-order valence-electron chi connectivity index (χ1n) is 7.58. The highest BCUT2D eigenvalue weighted by molar-refractivity contribution is 6.16. The maximum Gasteiger partial charge on any atom is 0.262 e. The molecule has 1 aromatic heterocycles. The van der Waals surface area contributed by atoms with Gasteiger partial charge >= 0.3 is 0 Å². The van der Waals surface area contributed by atoms with Gasteiger partial charge in [-0.3, -0.25) is 4.79 Å². The van der Waals surface area contributed by atoms with Crippen LogP contribution in [0.25, 0.3) is 0 Å². The molecule has 24 heavy (non-hydrogen) atoms. The number of carbonyl (C=O) groups is 1. The van der Waals surface area contributed by atoms with E-state index in [1.165, 1.54) is 6.33 Å². The number of benzene rings is 2. The van der Waals surface area contributed by atoms with Gasteiger partial charge in [-0.1, -0.05) is 60.7 Å². The number of hydrogen-bond donors (Lipinski definition) is 1. The minimum absolute atomic E-state index is 0.182. The molecule has 0 saturated heterocycles. The summed E-state index contributed by atoms with van der Waals surface area (Å²) in [6.45, 7) is 0. The summed E-state index contributed by atoms with van der Waals surface area (Å²) in [5, 5.41) is 2.89. The molecule has 0 aliphatic carbocycles. The van der Waals surface area contributed by atoms with Crippen molar-refractivity contribution in [3.8, 4) is 0 Å². The number of nitrogens with one attached hydrogen (secondary N) is 1. The van der Waals surface area contributed by atoms with Gasteiger partial charge in [0.15, 0.2) is 5.54 Å². The van der Waals surface area contributed by atoms with Gasteiger partial charge in [-0.15, -0.1) is 0 Å². The Kier molecular flexibility index (Phi) is 3.39. The Morgan fingerprint density at radius 1 is 0.792 bits per heavy atom. The van der Waals surface area contributed by atoms with Crippen molar-refractivity contribution < 1.29 is 4.79 Å². The lowest BCUT2D eigenvalue weighted by Crippen LogP contribution is -2.38. The predicted molar refractivity (Wildman–Crippen MR) is 90.4 cm³/mol. The van der Waals surface area contributed by atoms with E-state index in [-0.39, 0.29) is 5.91 Å².